The summed E-state index contributed by atoms with van der Waals surface area (Å²) in [5, 5.41) is 3.29. The largest absolute Gasteiger partial charge is 0.469 e. The highest BCUT2D eigenvalue weighted by Gasteiger charge is 2.06. The Balaban J connectivity index is 2.47. The van der Waals surface area contributed by atoms with Crippen molar-refractivity contribution in [2.24, 2.45) is 0 Å². The molecule has 1 aromatic carbocycles. The van der Waals surface area contributed by atoms with Crippen LogP contribution in [0.25, 0.3) is 0 Å². The molecule has 1 rings (SSSR count). The topological polar surface area (TPSA) is 38.3 Å². The minimum atomic E-state index is -0.152. The molecule has 1 N–H and O–H groups in total. The van der Waals surface area contributed by atoms with Crippen molar-refractivity contribution >= 4 is 17.7 Å². The Hall–Kier alpha value is -1.00. The van der Waals surface area contributed by atoms with Gasteiger partial charge >= 0.3 is 5.97 Å². The molecule has 0 radical (unpaired) electrons. The van der Waals surface area contributed by atoms with Crippen LogP contribution in [0.1, 0.15) is 31.4 Å². The van der Waals surface area contributed by atoms with Gasteiger partial charge in [-0.25, -0.2) is 0 Å². The number of ether oxygens (including phenoxy) is 1. The summed E-state index contributed by atoms with van der Waals surface area (Å²) in [5.74, 6) is 0.607. The molecular formula is C14H21NO2S. The maximum Gasteiger partial charge on any atom is 0.306 e. The van der Waals surface area contributed by atoms with Crippen molar-refractivity contribution in [1.82, 2.24) is 5.32 Å². The average Bonchev–Trinajstić information content (AvgIpc) is 2.41. The molecule has 18 heavy (non-hydrogen) atoms. The van der Waals surface area contributed by atoms with Crippen LogP contribution < -0.4 is 5.32 Å². The predicted octanol–water partition coefficient (Wildman–Crippen LogP) is 3.01. The Morgan fingerprint density at radius 1 is 1.39 bits per heavy atom. The fourth-order valence-corrected chi connectivity index (χ4v) is 2.59. The van der Waals surface area contributed by atoms with E-state index in [-0.39, 0.29) is 5.97 Å². The zero-order valence-corrected chi connectivity index (χ0v) is 12.0. The van der Waals surface area contributed by atoms with E-state index < -0.39 is 0 Å². The van der Waals surface area contributed by atoms with Crippen LogP contribution in [0, 0.1) is 0 Å². The van der Waals surface area contributed by atoms with Gasteiger partial charge in [0.1, 0.15) is 0 Å². The number of benzene rings is 1. The molecule has 1 aromatic rings. The zero-order valence-electron chi connectivity index (χ0n) is 11.2. The molecule has 0 heterocycles. The maximum atomic E-state index is 11.0. The molecule has 4 heteroatoms. The van der Waals surface area contributed by atoms with E-state index >= 15 is 0 Å². The summed E-state index contributed by atoms with van der Waals surface area (Å²) in [6.07, 6.45) is 1.53. The monoisotopic (exact) mass is 267 g/mol. The maximum absolute atomic E-state index is 11.0. The lowest BCUT2D eigenvalue weighted by atomic mass is 10.1. The molecule has 0 aliphatic heterocycles. The fraction of sp³-hybridized carbons (Fsp3) is 0.500. The Morgan fingerprint density at radius 3 is 2.56 bits per heavy atom. The molecule has 0 aliphatic rings. The fourth-order valence-electron chi connectivity index (χ4n) is 1.76. The number of rotatable bonds is 7. The van der Waals surface area contributed by atoms with E-state index in [1.54, 1.807) is 11.8 Å². The molecule has 0 fully saturated rings. The van der Waals surface area contributed by atoms with Crippen molar-refractivity contribution in [3.05, 3.63) is 29.8 Å². The van der Waals surface area contributed by atoms with E-state index in [1.165, 1.54) is 17.6 Å². The van der Waals surface area contributed by atoms with Crippen LogP contribution in [-0.4, -0.2) is 25.9 Å². The highest BCUT2D eigenvalue weighted by molar-refractivity contribution is 7.99. The molecule has 0 amide bonds. The highest BCUT2D eigenvalue weighted by atomic mass is 32.2. The van der Waals surface area contributed by atoms with Crippen LogP contribution in [0.2, 0.25) is 0 Å². The number of carbonyl (C=O) groups is 1. The van der Waals surface area contributed by atoms with Gasteiger partial charge in [0.25, 0.3) is 0 Å². The minimum absolute atomic E-state index is 0.152. The summed E-state index contributed by atoms with van der Waals surface area (Å²) in [5.41, 5.74) is 1.30. The first-order valence-electron chi connectivity index (χ1n) is 6.18. The lowest BCUT2D eigenvalue weighted by Crippen LogP contribution is -2.14. The second-order valence-electron chi connectivity index (χ2n) is 3.99. The van der Waals surface area contributed by atoms with Crippen molar-refractivity contribution in [3.63, 3.8) is 0 Å². The number of esters is 1. The lowest BCUT2D eigenvalue weighted by molar-refractivity contribution is -0.140. The van der Waals surface area contributed by atoms with Crippen molar-refractivity contribution < 1.29 is 9.53 Å². The first-order valence-corrected chi connectivity index (χ1v) is 7.16. The second kappa shape index (κ2) is 8.16. The van der Waals surface area contributed by atoms with Crippen molar-refractivity contribution in [2.75, 3.05) is 19.9 Å². The number of hydrogen-bond acceptors (Lipinski definition) is 4. The van der Waals surface area contributed by atoms with Gasteiger partial charge in [0.15, 0.2) is 0 Å². The van der Waals surface area contributed by atoms with Crippen molar-refractivity contribution in [3.8, 4) is 0 Å². The van der Waals surface area contributed by atoms with E-state index in [2.05, 4.69) is 41.2 Å². The highest BCUT2D eigenvalue weighted by Crippen LogP contribution is 2.22. The number of carbonyl (C=O) groups excluding carboxylic acids is 1. The molecule has 3 nitrogen and oxygen atoms in total. The van der Waals surface area contributed by atoms with Gasteiger partial charge in [-0.15, -0.1) is 11.8 Å². The molecule has 0 aliphatic carbocycles. The lowest BCUT2D eigenvalue weighted by Gasteiger charge is -2.14. The van der Waals surface area contributed by atoms with Gasteiger partial charge < -0.3 is 10.1 Å². The summed E-state index contributed by atoms with van der Waals surface area (Å²) in [7, 11) is 3.40. The van der Waals surface area contributed by atoms with Gasteiger partial charge in [-0.2, -0.15) is 0 Å². The summed E-state index contributed by atoms with van der Waals surface area (Å²) in [6, 6.07) is 8.92. The third-order valence-corrected chi connectivity index (χ3v) is 3.86. The van der Waals surface area contributed by atoms with Gasteiger partial charge in [-0.05, 0) is 31.2 Å². The van der Waals surface area contributed by atoms with Crippen LogP contribution in [0.3, 0.4) is 0 Å². The van der Waals surface area contributed by atoms with E-state index in [9.17, 15) is 4.79 Å². The van der Waals surface area contributed by atoms with Gasteiger partial charge in [0.05, 0.1) is 13.5 Å². The van der Waals surface area contributed by atoms with Gasteiger partial charge in [0, 0.05) is 16.7 Å². The van der Waals surface area contributed by atoms with Crippen molar-refractivity contribution in [2.45, 2.75) is 30.7 Å². The minimum Gasteiger partial charge on any atom is -0.469 e. The predicted molar refractivity (Wildman–Crippen MR) is 75.9 cm³/mol. The van der Waals surface area contributed by atoms with Crippen LogP contribution in [0.15, 0.2) is 29.2 Å². The molecule has 100 valence electrons. The average molecular weight is 267 g/mol. The number of nitrogens with one attached hydrogen (secondary N) is 1. The second-order valence-corrected chi connectivity index (χ2v) is 5.16. The molecule has 0 aromatic heterocycles. The number of methoxy groups -OCH3 is 1. The first kappa shape index (κ1) is 15.1. The molecule has 0 saturated carbocycles. The Morgan fingerprint density at radius 2 is 2.06 bits per heavy atom. The van der Waals surface area contributed by atoms with Gasteiger partial charge in [0.2, 0.25) is 0 Å². The molecule has 0 bridgehead atoms. The summed E-state index contributed by atoms with van der Waals surface area (Å²) >= 11 is 1.68. The van der Waals surface area contributed by atoms with Crippen LogP contribution in [0.5, 0.6) is 0 Å². The quantitative estimate of drug-likeness (QED) is 0.609. The van der Waals surface area contributed by atoms with E-state index in [0.29, 0.717) is 12.5 Å². The number of thioether (sulfide) groups is 1. The Bertz CT molecular complexity index is 361. The summed E-state index contributed by atoms with van der Waals surface area (Å²) < 4.78 is 4.61. The van der Waals surface area contributed by atoms with Crippen LogP contribution in [-0.2, 0) is 9.53 Å². The first-order chi connectivity index (χ1) is 8.71. The smallest absolute Gasteiger partial charge is 0.306 e. The van der Waals surface area contributed by atoms with E-state index in [1.807, 2.05) is 7.05 Å². The molecule has 1 unspecified atom stereocenters. The van der Waals surface area contributed by atoms with E-state index in [4.69, 9.17) is 0 Å². The van der Waals surface area contributed by atoms with Crippen LogP contribution in [0.4, 0.5) is 0 Å². The molecular weight excluding hydrogens is 246 g/mol. The normalized spacial score (nSPS) is 12.2. The zero-order chi connectivity index (χ0) is 13.4. The SMILES string of the molecule is CCC(NC)c1ccc(SCCC(=O)OC)cc1. The number of hydrogen-bond donors (Lipinski definition) is 1. The Labute approximate surface area is 113 Å². The molecule has 1 atom stereocenters. The molecule has 0 saturated heterocycles. The third-order valence-electron chi connectivity index (χ3n) is 2.84. The molecule has 0 spiro atoms. The third kappa shape index (κ3) is 4.70. The summed E-state index contributed by atoms with van der Waals surface area (Å²) in [4.78, 5) is 12.2. The summed E-state index contributed by atoms with van der Waals surface area (Å²) in [6.45, 7) is 2.17. The van der Waals surface area contributed by atoms with E-state index in [0.717, 1.165) is 12.2 Å². The van der Waals surface area contributed by atoms with Gasteiger partial charge in [-0.1, -0.05) is 19.1 Å². The van der Waals surface area contributed by atoms with Crippen LogP contribution >= 0.6 is 11.8 Å². The Kier molecular flexibility index (Phi) is 6.83. The van der Waals surface area contributed by atoms with Gasteiger partial charge in [-0.3, -0.25) is 4.79 Å². The van der Waals surface area contributed by atoms with Crippen molar-refractivity contribution in [1.29, 1.82) is 0 Å². The standard InChI is InChI=1S/C14H21NO2S/c1-4-13(15-2)11-5-7-12(8-6-11)18-10-9-14(16)17-3/h5-8,13,15H,4,9-10H2,1-3H3.